The molecule has 8 rings (SSSR count). The van der Waals surface area contributed by atoms with Gasteiger partial charge in [-0.1, -0.05) is 29.3 Å². The molecular formula is C47H32Cl2N4O12. The molecule has 18 heteroatoms. The molecule has 0 aromatic heterocycles. The molecule has 0 unspecified atom stereocenters. The van der Waals surface area contributed by atoms with E-state index in [0.29, 0.717) is 27.7 Å². The van der Waals surface area contributed by atoms with Gasteiger partial charge < -0.3 is 50.2 Å². The summed E-state index contributed by atoms with van der Waals surface area (Å²) in [5.74, 6) is -6.14. The summed E-state index contributed by atoms with van der Waals surface area (Å²) in [6.07, 6.45) is 0. The number of hydrogen-bond acceptors (Lipinski definition) is 11. The van der Waals surface area contributed by atoms with Crippen LogP contribution in [0.5, 0.6) is 5.75 Å². The first kappa shape index (κ1) is 43.4. The summed E-state index contributed by atoms with van der Waals surface area (Å²) >= 11 is 13.6. The van der Waals surface area contributed by atoms with Gasteiger partial charge in [-0.15, -0.1) is 0 Å². The maximum Gasteiger partial charge on any atom is 0.337 e. The van der Waals surface area contributed by atoms with Gasteiger partial charge in [-0.2, -0.15) is 0 Å². The Morgan fingerprint density at radius 2 is 1.38 bits per heavy atom. The average molecular weight is 916 g/mol. The molecule has 16 nitrogen and oxygen atoms in total. The SMILES string of the molecule is CN(C)c1ccc2c(-c3c(Cl)cc(C(=O)NCC(=O)NCc4c(O)ccc5c(-c6ccc(C(=O)O)cc6C(=O)O)c6ccc(=O)cc-6oc45)c(Cl)c3C(=O)O)c3ccc(=N)cc-3oc2c1. The first-order valence-electron chi connectivity index (χ1n) is 19.3. The Kier molecular flexibility index (Phi) is 11.2. The Balaban J connectivity index is 1.11. The Labute approximate surface area is 375 Å². The molecule has 4 aromatic rings. The fourth-order valence-electron chi connectivity index (χ4n) is 7.68. The van der Waals surface area contributed by atoms with Crippen molar-refractivity contribution < 1.29 is 53.2 Å². The van der Waals surface area contributed by atoms with E-state index in [0.717, 1.165) is 17.8 Å². The molecule has 2 heterocycles. The lowest BCUT2D eigenvalue weighted by molar-refractivity contribution is -0.120. The normalized spacial score (nSPS) is 11.3. The summed E-state index contributed by atoms with van der Waals surface area (Å²) in [5, 5.41) is 54.6. The number of hydrogen-bond donors (Lipinski definition) is 7. The number of fused-ring (bicyclic) bond motifs is 4. The predicted molar refractivity (Wildman–Crippen MR) is 240 cm³/mol. The van der Waals surface area contributed by atoms with E-state index < -0.39 is 58.8 Å². The predicted octanol–water partition coefficient (Wildman–Crippen LogP) is 7.78. The van der Waals surface area contributed by atoms with Crippen LogP contribution in [0, 0.1) is 5.41 Å². The summed E-state index contributed by atoms with van der Waals surface area (Å²) in [7, 11) is 3.67. The maximum atomic E-state index is 13.6. The minimum atomic E-state index is -1.51. The molecule has 7 N–H and O–H groups in total. The van der Waals surface area contributed by atoms with Gasteiger partial charge in [0, 0.05) is 76.6 Å². The number of phenolic OH excluding ortho intramolecular Hbond substituents is 1. The highest BCUT2D eigenvalue weighted by molar-refractivity contribution is 6.41. The zero-order valence-corrected chi connectivity index (χ0v) is 35.3. The van der Waals surface area contributed by atoms with Crippen molar-refractivity contribution in [2.75, 3.05) is 25.5 Å². The van der Waals surface area contributed by atoms with E-state index in [1.165, 1.54) is 54.6 Å². The molecule has 0 saturated carbocycles. The van der Waals surface area contributed by atoms with E-state index in [1.807, 2.05) is 19.0 Å². The van der Waals surface area contributed by atoms with Gasteiger partial charge in [0.15, 0.2) is 5.43 Å². The van der Waals surface area contributed by atoms with Crippen LogP contribution in [0.3, 0.4) is 0 Å². The van der Waals surface area contributed by atoms with Gasteiger partial charge in [0.2, 0.25) is 5.91 Å². The highest BCUT2D eigenvalue weighted by Gasteiger charge is 2.30. The summed E-state index contributed by atoms with van der Waals surface area (Å²) in [4.78, 5) is 78.4. The Bertz CT molecular complexity index is 3430. The highest BCUT2D eigenvalue weighted by Crippen LogP contribution is 2.47. The van der Waals surface area contributed by atoms with Crippen LogP contribution in [-0.2, 0) is 11.3 Å². The standard InChI is InChI=1S/C47H32Cl2N4O12/c1-53(2)22-5-9-27-35(15-22)64-34-14-21(50)4-8-26(34)39(27)40-32(48)17-30(42(49)41(40)47(62)63)44(57)52-19-37(56)51-18-31-33(55)12-11-28-38(25-10-6-23(54)16-36(25)65-43(28)31)24-7-3-20(45(58)59)13-29(24)46(60)61/h3-17,50,55H,18-19H2,1-2H3,(H,51,56)(H,52,57)(H,58,59)(H,60,61)(H,62,63). The van der Waals surface area contributed by atoms with Gasteiger partial charge in [-0.25, -0.2) is 14.4 Å². The first-order valence-corrected chi connectivity index (χ1v) is 20.0. The number of benzene rings is 6. The molecule has 0 atom stereocenters. The minimum absolute atomic E-state index is 0.00261. The third kappa shape index (κ3) is 7.92. The van der Waals surface area contributed by atoms with E-state index in [2.05, 4.69) is 10.6 Å². The number of aromatic carboxylic acids is 3. The van der Waals surface area contributed by atoms with Crippen molar-refractivity contribution in [3.63, 3.8) is 0 Å². The van der Waals surface area contributed by atoms with Crippen molar-refractivity contribution in [1.29, 1.82) is 5.41 Å². The lowest BCUT2D eigenvalue weighted by Gasteiger charge is -2.21. The summed E-state index contributed by atoms with van der Waals surface area (Å²) in [6, 6.07) is 21.1. The average Bonchev–Trinajstić information content (AvgIpc) is 3.26. The van der Waals surface area contributed by atoms with E-state index >= 15 is 0 Å². The zero-order valence-electron chi connectivity index (χ0n) is 33.8. The molecule has 4 aliphatic rings. The van der Waals surface area contributed by atoms with Crippen LogP contribution in [0.15, 0.2) is 105 Å². The van der Waals surface area contributed by atoms with Crippen molar-refractivity contribution in [1.82, 2.24) is 10.6 Å². The monoisotopic (exact) mass is 914 g/mol. The van der Waals surface area contributed by atoms with E-state index in [1.54, 1.807) is 24.3 Å². The van der Waals surface area contributed by atoms with E-state index in [4.69, 9.17) is 37.4 Å². The van der Waals surface area contributed by atoms with Crippen LogP contribution in [0.2, 0.25) is 10.0 Å². The second kappa shape index (κ2) is 16.8. The minimum Gasteiger partial charge on any atom is -0.507 e. The van der Waals surface area contributed by atoms with Crippen LogP contribution in [0.4, 0.5) is 5.69 Å². The van der Waals surface area contributed by atoms with Crippen molar-refractivity contribution in [2.24, 2.45) is 0 Å². The van der Waals surface area contributed by atoms with Crippen LogP contribution >= 0.6 is 23.2 Å². The second-order valence-corrected chi connectivity index (χ2v) is 15.7. The number of halogens is 2. The molecule has 2 amide bonds. The van der Waals surface area contributed by atoms with Crippen LogP contribution in [0.25, 0.3) is 66.8 Å². The molecule has 65 heavy (non-hydrogen) atoms. The Hall–Kier alpha value is -8.21. The molecule has 0 fully saturated rings. The molecule has 2 aliphatic carbocycles. The van der Waals surface area contributed by atoms with Gasteiger partial charge in [0.05, 0.1) is 56.3 Å². The molecule has 2 aliphatic heterocycles. The first-order chi connectivity index (χ1) is 30.9. The molecule has 0 radical (unpaired) electrons. The quantitative estimate of drug-likeness (QED) is 0.0612. The number of phenols is 1. The summed E-state index contributed by atoms with van der Waals surface area (Å²) in [6.45, 7) is -1.09. The number of nitrogens with one attached hydrogen (secondary N) is 3. The van der Waals surface area contributed by atoms with Crippen LogP contribution in [0.1, 0.15) is 47.0 Å². The van der Waals surface area contributed by atoms with Gasteiger partial charge in [0.25, 0.3) is 5.91 Å². The smallest absolute Gasteiger partial charge is 0.337 e. The fraction of sp³-hybridized carbons (Fsp3) is 0.0851. The second-order valence-electron chi connectivity index (χ2n) is 14.9. The number of carbonyl (C=O) groups is 5. The number of rotatable bonds is 11. The molecule has 0 spiro atoms. The van der Waals surface area contributed by atoms with E-state index in [-0.39, 0.29) is 77.6 Å². The summed E-state index contributed by atoms with van der Waals surface area (Å²) < 4.78 is 12.3. The largest absolute Gasteiger partial charge is 0.507 e. The maximum absolute atomic E-state index is 13.6. The van der Waals surface area contributed by atoms with Gasteiger partial charge in [0.1, 0.15) is 28.4 Å². The van der Waals surface area contributed by atoms with Crippen molar-refractivity contribution >= 4 is 80.6 Å². The number of carbonyl (C=O) groups excluding carboxylic acids is 2. The number of carboxylic acids is 3. The van der Waals surface area contributed by atoms with Gasteiger partial charge in [-0.3, -0.25) is 14.4 Å². The van der Waals surface area contributed by atoms with Gasteiger partial charge in [-0.05, 0) is 72.3 Å². The topological polar surface area (TPSA) is 261 Å². The third-order valence-corrected chi connectivity index (χ3v) is 11.4. The molecule has 0 bridgehead atoms. The van der Waals surface area contributed by atoms with E-state index in [9.17, 15) is 49.2 Å². The van der Waals surface area contributed by atoms with Crippen molar-refractivity contribution in [3.05, 3.63) is 144 Å². The third-order valence-electron chi connectivity index (χ3n) is 10.7. The number of carboxylic acid groups (broad SMARTS) is 3. The highest BCUT2D eigenvalue weighted by atomic mass is 35.5. The lowest BCUT2D eigenvalue weighted by atomic mass is 9.89. The molecule has 0 saturated heterocycles. The van der Waals surface area contributed by atoms with Crippen molar-refractivity contribution in [2.45, 2.75) is 6.54 Å². The lowest BCUT2D eigenvalue weighted by Crippen LogP contribution is -2.36. The van der Waals surface area contributed by atoms with Crippen LogP contribution in [-0.4, -0.2) is 70.8 Å². The number of aromatic hydroxyl groups is 1. The van der Waals surface area contributed by atoms with Crippen molar-refractivity contribution in [3.8, 4) is 50.7 Å². The number of anilines is 1. The molecule has 326 valence electrons. The number of amides is 2. The number of nitrogens with zero attached hydrogens (tertiary/aromatic N) is 1. The fourth-order valence-corrected chi connectivity index (χ4v) is 8.29. The van der Waals surface area contributed by atoms with Crippen LogP contribution < -0.4 is 26.3 Å². The van der Waals surface area contributed by atoms with Gasteiger partial charge >= 0.3 is 17.9 Å². The molecule has 4 aromatic carbocycles. The molecular weight excluding hydrogens is 883 g/mol. The Morgan fingerprint density at radius 1 is 0.692 bits per heavy atom. The Morgan fingerprint density at radius 3 is 2.09 bits per heavy atom. The summed E-state index contributed by atoms with van der Waals surface area (Å²) in [5.41, 5.74) is 0.471. The zero-order chi connectivity index (χ0) is 46.6.